The average molecular weight is 694 g/mol. The summed E-state index contributed by atoms with van der Waals surface area (Å²) in [6, 6.07) is 53.2. The molecule has 54 heavy (non-hydrogen) atoms. The van der Waals surface area contributed by atoms with E-state index < -0.39 is 0 Å². The van der Waals surface area contributed by atoms with Crippen molar-refractivity contribution in [3.05, 3.63) is 193 Å². The van der Waals surface area contributed by atoms with Crippen LogP contribution in [0.2, 0.25) is 0 Å². The molecule has 0 N–H and O–H groups in total. The molecule has 1 aliphatic rings. The van der Waals surface area contributed by atoms with Crippen LogP contribution in [-0.4, -0.2) is 4.57 Å². The van der Waals surface area contributed by atoms with E-state index in [4.69, 9.17) is 4.42 Å². The van der Waals surface area contributed by atoms with Crippen molar-refractivity contribution in [3.8, 4) is 39.1 Å². The molecule has 9 aromatic rings. The molecule has 2 heterocycles. The zero-order chi connectivity index (χ0) is 36.6. The summed E-state index contributed by atoms with van der Waals surface area (Å²) < 4.78 is 8.95. The molecule has 7 aromatic carbocycles. The highest BCUT2D eigenvalue weighted by atomic mass is 16.3. The fourth-order valence-corrected chi connectivity index (χ4v) is 8.67. The van der Waals surface area contributed by atoms with E-state index in [0.29, 0.717) is 0 Å². The van der Waals surface area contributed by atoms with Crippen molar-refractivity contribution >= 4 is 49.3 Å². The second kappa shape index (κ2) is 12.2. The van der Waals surface area contributed by atoms with Gasteiger partial charge in [0.05, 0.1) is 11.0 Å². The molecule has 0 atom stereocenters. The van der Waals surface area contributed by atoms with Crippen LogP contribution in [-0.2, 0) is 5.41 Å². The second-order valence-electron chi connectivity index (χ2n) is 15.0. The Kier molecular flexibility index (Phi) is 7.25. The summed E-state index contributed by atoms with van der Waals surface area (Å²) in [5.41, 5.74) is 17.3. The van der Waals surface area contributed by atoms with E-state index in [2.05, 4.69) is 171 Å². The molecule has 0 saturated heterocycles. The first kappa shape index (κ1) is 32.0. The van der Waals surface area contributed by atoms with Crippen LogP contribution >= 0.6 is 0 Å². The molecule has 0 amide bonds. The van der Waals surface area contributed by atoms with E-state index in [-0.39, 0.29) is 5.41 Å². The van der Waals surface area contributed by atoms with Crippen LogP contribution in [0.25, 0.3) is 88.4 Å². The number of aromatic nitrogens is 1. The van der Waals surface area contributed by atoms with Gasteiger partial charge in [-0.2, -0.15) is 0 Å². The molecule has 258 valence electrons. The van der Waals surface area contributed by atoms with E-state index in [1.54, 1.807) is 0 Å². The van der Waals surface area contributed by atoms with Crippen LogP contribution < -0.4 is 0 Å². The Labute approximate surface area is 315 Å². The zero-order valence-corrected chi connectivity index (χ0v) is 30.7. The molecule has 0 bridgehead atoms. The Morgan fingerprint density at radius 2 is 1.24 bits per heavy atom. The molecule has 0 radical (unpaired) electrons. The minimum Gasteiger partial charge on any atom is -0.455 e. The number of nitrogens with zero attached hydrogens (tertiary/aromatic N) is 1. The summed E-state index contributed by atoms with van der Waals surface area (Å²) in [7, 11) is 0. The Bertz CT molecular complexity index is 3020. The van der Waals surface area contributed by atoms with Crippen LogP contribution in [0.5, 0.6) is 0 Å². The summed E-state index contributed by atoms with van der Waals surface area (Å²) in [5.74, 6) is 0. The first-order valence-corrected chi connectivity index (χ1v) is 18.7. The Balaban J connectivity index is 1.10. The van der Waals surface area contributed by atoms with Crippen molar-refractivity contribution in [1.82, 2.24) is 4.57 Å². The maximum Gasteiger partial charge on any atom is 0.143 e. The van der Waals surface area contributed by atoms with Crippen LogP contribution in [0, 0.1) is 0 Å². The molecule has 0 saturated carbocycles. The van der Waals surface area contributed by atoms with Crippen molar-refractivity contribution in [2.24, 2.45) is 0 Å². The molecule has 2 heteroatoms. The Morgan fingerprint density at radius 3 is 1.98 bits per heavy atom. The molecule has 2 aromatic heterocycles. The van der Waals surface area contributed by atoms with Crippen molar-refractivity contribution in [3.63, 3.8) is 0 Å². The summed E-state index contributed by atoms with van der Waals surface area (Å²) in [4.78, 5) is 0. The summed E-state index contributed by atoms with van der Waals surface area (Å²) in [6.45, 7) is 11.0. The van der Waals surface area contributed by atoms with E-state index in [0.717, 1.165) is 28.0 Å². The lowest BCUT2D eigenvalue weighted by molar-refractivity contribution is 0.653. The number of furan rings is 1. The van der Waals surface area contributed by atoms with Gasteiger partial charge in [-0.3, -0.25) is 0 Å². The van der Waals surface area contributed by atoms with Gasteiger partial charge in [-0.25, -0.2) is 0 Å². The normalized spacial score (nSPS) is 13.5. The lowest BCUT2D eigenvalue weighted by Gasteiger charge is -2.22. The standard InChI is InChI=1S/C52H39NO/c1-5-6-8-13-33(2)34-18-20-35(21-19-34)36-23-28-47-43(30-36)44-31-37(24-29-48(44)53(47)39-14-9-7-10-15-39)38-22-25-42-46(32-38)52(3,4)45-27-26-41-40-16-11-12-17-49(40)54-51(41)50(42)45/h5-32H,2H2,1,3-4H3/b6-5-,13-8-. The maximum atomic E-state index is 6.55. The van der Waals surface area contributed by atoms with Crippen LogP contribution in [0.4, 0.5) is 0 Å². The average Bonchev–Trinajstić information content (AvgIpc) is 3.83. The topological polar surface area (TPSA) is 18.1 Å². The molecular weight excluding hydrogens is 655 g/mol. The first-order valence-electron chi connectivity index (χ1n) is 18.7. The largest absolute Gasteiger partial charge is 0.455 e. The molecule has 0 unspecified atom stereocenters. The van der Waals surface area contributed by atoms with E-state index >= 15 is 0 Å². The van der Waals surface area contributed by atoms with Gasteiger partial charge >= 0.3 is 0 Å². The minimum absolute atomic E-state index is 0.166. The minimum atomic E-state index is -0.166. The quantitative estimate of drug-likeness (QED) is 0.159. The van der Waals surface area contributed by atoms with Gasteiger partial charge in [0.2, 0.25) is 0 Å². The smallest absolute Gasteiger partial charge is 0.143 e. The number of hydrogen-bond acceptors (Lipinski definition) is 1. The third-order valence-electron chi connectivity index (χ3n) is 11.5. The maximum absolute atomic E-state index is 6.55. The number of fused-ring (bicyclic) bond motifs is 10. The first-order chi connectivity index (χ1) is 26.4. The van der Waals surface area contributed by atoms with Gasteiger partial charge < -0.3 is 8.98 Å². The molecule has 1 aliphatic carbocycles. The Morgan fingerprint density at radius 1 is 0.593 bits per heavy atom. The lowest BCUT2D eigenvalue weighted by atomic mass is 9.81. The Hall–Kier alpha value is -6.64. The summed E-state index contributed by atoms with van der Waals surface area (Å²) >= 11 is 0. The predicted octanol–water partition coefficient (Wildman–Crippen LogP) is 14.5. The van der Waals surface area contributed by atoms with Gasteiger partial charge in [-0.1, -0.05) is 142 Å². The number of rotatable bonds is 6. The highest BCUT2D eigenvalue weighted by Crippen LogP contribution is 2.53. The van der Waals surface area contributed by atoms with Crippen molar-refractivity contribution in [1.29, 1.82) is 0 Å². The van der Waals surface area contributed by atoms with Gasteiger partial charge in [-0.05, 0) is 106 Å². The molecule has 10 rings (SSSR count). The number of allylic oxidation sites excluding steroid dienone is 5. The van der Waals surface area contributed by atoms with Crippen LogP contribution in [0.15, 0.2) is 181 Å². The third kappa shape index (κ3) is 4.87. The number of benzene rings is 7. The van der Waals surface area contributed by atoms with E-state index in [1.807, 2.05) is 31.2 Å². The number of hydrogen-bond donors (Lipinski definition) is 0. The fourth-order valence-electron chi connectivity index (χ4n) is 8.67. The van der Waals surface area contributed by atoms with Gasteiger partial charge in [0.25, 0.3) is 0 Å². The van der Waals surface area contributed by atoms with Gasteiger partial charge in [0.15, 0.2) is 0 Å². The fraction of sp³-hybridized carbons (Fsp3) is 0.0769. The number of para-hydroxylation sites is 2. The van der Waals surface area contributed by atoms with Crippen molar-refractivity contribution in [2.45, 2.75) is 26.2 Å². The monoisotopic (exact) mass is 693 g/mol. The molecule has 0 fully saturated rings. The molecule has 0 aliphatic heterocycles. The molecule has 0 spiro atoms. The SMILES string of the molecule is C=C(/C=C\C=C/C)c1ccc(-c2ccc3c(c2)c2cc(-c4ccc5c(c4)C(C)(C)c4ccc6c(oc7ccccc76)c4-5)ccc2n3-c2ccccc2)cc1. The third-order valence-corrected chi connectivity index (χ3v) is 11.5. The van der Waals surface area contributed by atoms with Gasteiger partial charge in [-0.15, -0.1) is 0 Å². The van der Waals surface area contributed by atoms with Gasteiger partial charge in [0, 0.05) is 38.2 Å². The van der Waals surface area contributed by atoms with Gasteiger partial charge in [0.1, 0.15) is 11.2 Å². The molecule has 2 nitrogen and oxygen atoms in total. The highest BCUT2D eigenvalue weighted by Gasteiger charge is 2.38. The highest BCUT2D eigenvalue weighted by molar-refractivity contribution is 6.13. The second-order valence-corrected chi connectivity index (χ2v) is 15.0. The van der Waals surface area contributed by atoms with Crippen molar-refractivity contribution < 1.29 is 4.42 Å². The van der Waals surface area contributed by atoms with Crippen LogP contribution in [0.1, 0.15) is 37.5 Å². The summed E-state index contributed by atoms with van der Waals surface area (Å²) in [5, 5.41) is 4.81. The molecular formula is C52H39NO. The summed E-state index contributed by atoms with van der Waals surface area (Å²) in [6.07, 6.45) is 8.13. The van der Waals surface area contributed by atoms with E-state index in [9.17, 15) is 0 Å². The van der Waals surface area contributed by atoms with Crippen LogP contribution in [0.3, 0.4) is 0 Å². The predicted molar refractivity (Wildman–Crippen MR) is 229 cm³/mol. The van der Waals surface area contributed by atoms with Crippen molar-refractivity contribution in [2.75, 3.05) is 0 Å². The van der Waals surface area contributed by atoms with E-state index in [1.165, 1.54) is 77.1 Å². The lowest BCUT2D eigenvalue weighted by Crippen LogP contribution is -2.14. The zero-order valence-electron chi connectivity index (χ0n) is 30.7.